The second-order valence-electron chi connectivity index (χ2n) is 16.9. The topological polar surface area (TPSA) is 9.23 Å². The van der Waals surface area contributed by atoms with Gasteiger partial charge in [-0.15, -0.1) is 0 Å². The first kappa shape index (κ1) is 31.7. The van der Waals surface area contributed by atoms with Crippen molar-refractivity contribution in [3.63, 3.8) is 0 Å². The molecule has 0 aliphatic carbocycles. The smallest absolute Gasteiger partial charge is 0.241 e. The number of hydrogen-bond acceptors (Lipinski definition) is 1. The highest BCUT2D eigenvalue weighted by atomic mass is 30.4. The van der Waals surface area contributed by atoms with Gasteiger partial charge in [-0.3, -0.25) is 0 Å². The van der Waals surface area contributed by atoms with Crippen LogP contribution in [-0.2, 0) is 4.43 Å². The zero-order valence-corrected chi connectivity index (χ0v) is 34.9. The molecule has 0 saturated carbocycles. The van der Waals surface area contributed by atoms with Gasteiger partial charge in [-0.05, 0) is 19.6 Å². The minimum atomic E-state index is -1.65. The van der Waals surface area contributed by atoms with E-state index >= 15 is 0 Å². The summed E-state index contributed by atoms with van der Waals surface area (Å²) >= 11 is 0. The Balaban J connectivity index is 4.46. The van der Waals surface area contributed by atoms with Crippen molar-refractivity contribution in [1.29, 1.82) is 0 Å². The van der Waals surface area contributed by atoms with Crippen LogP contribution in [0.25, 0.3) is 0 Å². The van der Waals surface area contributed by atoms with Gasteiger partial charge in [-0.1, -0.05) is 112 Å². The molecule has 190 valence electrons. The van der Waals surface area contributed by atoms with E-state index in [4.69, 9.17) is 4.43 Å². The summed E-state index contributed by atoms with van der Waals surface area (Å²) in [5, 5.41) is 1.69. The molecule has 0 N–H and O–H groups in total. The monoisotopic (exact) mass is 592 g/mol. The van der Waals surface area contributed by atoms with E-state index in [1.165, 1.54) is 0 Å². The van der Waals surface area contributed by atoms with Crippen LogP contribution in [0.1, 0.15) is 20.8 Å². The van der Waals surface area contributed by atoms with Gasteiger partial charge in [0.2, 0.25) is 8.32 Å². The Morgan fingerprint density at radius 2 is 0.875 bits per heavy atom. The van der Waals surface area contributed by atoms with Crippen LogP contribution in [0, 0.1) is 5.41 Å². The summed E-state index contributed by atoms with van der Waals surface area (Å²) in [6.45, 7) is 55.7. The molecule has 0 radical (unpaired) electrons. The molecule has 1 fully saturated rings. The maximum atomic E-state index is 7.29. The molecule has 1 nitrogen and oxygen atoms in total. The normalized spacial score (nSPS) is 24.8. The molecule has 0 aromatic heterocycles. The first-order valence-electron chi connectivity index (χ1n) is 12.9. The molecule has 1 heterocycles. The van der Waals surface area contributed by atoms with E-state index in [1.807, 2.05) is 0 Å². The van der Waals surface area contributed by atoms with Gasteiger partial charge in [0.1, 0.15) is 0 Å². The summed E-state index contributed by atoms with van der Waals surface area (Å²) in [6, 6.07) is 0. The van der Waals surface area contributed by atoms with Gasteiger partial charge < -0.3 is 4.43 Å². The predicted molar refractivity (Wildman–Crippen MR) is 177 cm³/mol. The molecule has 0 aromatic carbocycles. The Morgan fingerprint density at radius 1 is 0.594 bits per heavy atom. The van der Waals surface area contributed by atoms with E-state index in [0.29, 0.717) is 0 Å². The molecule has 1 aliphatic rings. The summed E-state index contributed by atoms with van der Waals surface area (Å²) in [4.78, 5) is 0. The van der Waals surface area contributed by atoms with Crippen molar-refractivity contribution in [1.82, 2.24) is 0 Å². The average molecular weight is 593 g/mol. The standard InChI is InChI=1S/C22H60OSi9/c1-22(2,3)21(23-25(4,5)6)24-28(13,14)30(17,18)32(26(7,8)9,27(10,11)12)31(19,20)29(24,15)16/h1-20H3. The molecule has 1 saturated heterocycles. The van der Waals surface area contributed by atoms with Crippen LogP contribution in [0.2, 0.25) is 111 Å². The van der Waals surface area contributed by atoms with Crippen molar-refractivity contribution in [2.24, 2.45) is 5.41 Å². The lowest BCUT2D eigenvalue weighted by molar-refractivity contribution is 0.446. The summed E-state index contributed by atoms with van der Waals surface area (Å²) in [5.41, 5.74) is 0.192. The summed E-state index contributed by atoms with van der Waals surface area (Å²) in [7, 11) is -10.6. The SMILES string of the molecule is CC(C)(C)C(O[Si](C)(C)C)=[Si]1[Si](C)(C)[Si](C)(C)[Si]([Si](C)(C)C)([Si](C)(C)C)[Si](C)(C)[Si]1(C)C. The maximum absolute atomic E-state index is 7.29. The molecule has 32 heavy (non-hydrogen) atoms. The third-order valence-electron chi connectivity index (χ3n) is 9.82. The highest BCUT2D eigenvalue weighted by Gasteiger charge is 2.81. The molecule has 0 unspecified atom stereocenters. The molecule has 10 heteroatoms. The largest absolute Gasteiger partial charge is 0.552 e. The fourth-order valence-corrected chi connectivity index (χ4v) is 423. The van der Waals surface area contributed by atoms with E-state index in [1.54, 1.807) is 5.35 Å². The van der Waals surface area contributed by atoms with Gasteiger partial charge in [0.15, 0.2) is 0 Å². The molecule has 0 aromatic rings. The highest BCUT2D eigenvalue weighted by molar-refractivity contribution is 8.26. The molecule has 1 rings (SSSR count). The van der Waals surface area contributed by atoms with Crippen LogP contribution in [0.4, 0.5) is 0 Å². The van der Waals surface area contributed by atoms with Gasteiger partial charge >= 0.3 is 0 Å². The maximum Gasteiger partial charge on any atom is 0.241 e. The van der Waals surface area contributed by atoms with Crippen LogP contribution >= 0.6 is 0 Å². The van der Waals surface area contributed by atoms with E-state index < -0.39 is 65.5 Å². The lowest BCUT2D eigenvalue weighted by atomic mass is 9.99. The Labute approximate surface area is 211 Å². The molecule has 0 spiro atoms. The molecular formula is C22H60OSi9. The van der Waals surface area contributed by atoms with Gasteiger partial charge in [-0.25, -0.2) is 0 Å². The second-order valence-corrected chi connectivity index (χ2v) is 114. The summed E-state index contributed by atoms with van der Waals surface area (Å²) in [5.74, 6) is 0. The minimum Gasteiger partial charge on any atom is -0.552 e. The average Bonchev–Trinajstić information content (AvgIpc) is 2.38. The van der Waals surface area contributed by atoms with Crippen LogP contribution in [0.3, 0.4) is 0 Å². The van der Waals surface area contributed by atoms with Crippen molar-refractivity contribution in [3.8, 4) is 0 Å². The Kier molecular flexibility index (Phi) is 8.23. The first-order valence-corrected chi connectivity index (χ1v) is 46.8. The van der Waals surface area contributed by atoms with Gasteiger partial charge in [-0.2, -0.15) is 0 Å². The van der Waals surface area contributed by atoms with E-state index in [9.17, 15) is 0 Å². The fraction of sp³-hybridized carbons (Fsp3) is 0.955. The van der Waals surface area contributed by atoms with E-state index in [0.717, 1.165) is 0 Å². The number of rotatable bonds is 4. The quantitative estimate of drug-likeness (QED) is 0.304. The zero-order valence-electron chi connectivity index (χ0n) is 25.9. The van der Waals surface area contributed by atoms with Crippen molar-refractivity contribution in [2.45, 2.75) is 132 Å². The van der Waals surface area contributed by atoms with Gasteiger partial charge in [0.25, 0.3) is 0 Å². The third-order valence-corrected chi connectivity index (χ3v) is 223. The fourth-order valence-electron chi connectivity index (χ4n) is 9.45. The van der Waals surface area contributed by atoms with Gasteiger partial charge in [0, 0.05) is 53.8 Å². The molecule has 0 atom stereocenters. The molecular weight excluding hydrogens is 533 g/mol. The minimum absolute atomic E-state index is 0.192. The van der Waals surface area contributed by atoms with Crippen LogP contribution in [0.15, 0.2) is 0 Å². The van der Waals surface area contributed by atoms with Crippen LogP contribution < -0.4 is 0 Å². The molecule has 1 aliphatic heterocycles. The highest BCUT2D eigenvalue weighted by Crippen LogP contribution is 2.53. The lowest BCUT2D eigenvalue weighted by Gasteiger charge is -2.76. The Hall–Kier alpha value is 1.62. The predicted octanol–water partition coefficient (Wildman–Crippen LogP) is 7.69. The van der Waals surface area contributed by atoms with Crippen molar-refractivity contribution < 1.29 is 4.43 Å². The Bertz CT molecular complexity index is 721. The van der Waals surface area contributed by atoms with Crippen LogP contribution in [-0.4, -0.2) is 70.9 Å². The van der Waals surface area contributed by atoms with Crippen LogP contribution in [0.5, 0.6) is 0 Å². The first-order chi connectivity index (χ1) is 13.5. The molecule has 0 amide bonds. The number of hydrogen-bond donors (Lipinski definition) is 0. The molecule has 0 bridgehead atoms. The van der Waals surface area contributed by atoms with Gasteiger partial charge in [0.05, 0.1) is 14.2 Å². The summed E-state index contributed by atoms with van der Waals surface area (Å²) in [6.07, 6.45) is -1.37. The third kappa shape index (κ3) is 4.34. The van der Waals surface area contributed by atoms with E-state index in [-0.39, 0.29) is 5.41 Å². The van der Waals surface area contributed by atoms with Crippen molar-refractivity contribution in [2.75, 3.05) is 0 Å². The lowest BCUT2D eigenvalue weighted by Crippen LogP contribution is -3.07. The van der Waals surface area contributed by atoms with E-state index in [2.05, 4.69) is 132 Å². The Morgan fingerprint density at radius 3 is 1.06 bits per heavy atom. The summed E-state index contributed by atoms with van der Waals surface area (Å²) < 4.78 is 7.29. The zero-order chi connectivity index (χ0) is 26.4. The second kappa shape index (κ2) is 8.32. The van der Waals surface area contributed by atoms with Crippen molar-refractivity contribution >= 4 is 70.9 Å². The van der Waals surface area contributed by atoms with Crippen molar-refractivity contribution in [3.05, 3.63) is 0 Å².